The van der Waals surface area contributed by atoms with Crippen LogP contribution in [-0.4, -0.2) is 42.0 Å². The molecule has 1 N–H and O–H groups in total. The topological polar surface area (TPSA) is 66.1 Å². The van der Waals surface area contributed by atoms with Crippen molar-refractivity contribution in [1.29, 1.82) is 0 Å². The zero-order valence-electron chi connectivity index (χ0n) is 14.5. The second-order valence-corrected chi connectivity index (χ2v) is 9.35. The summed E-state index contributed by atoms with van der Waals surface area (Å²) in [6.45, 7) is 0.852. The summed E-state index contributed by atoms with van der Waals surface area (Å²) in [6.07, 6.45) is 5.56. The maximum Gasteiger partial charge on any atom is 0.211 e. The van der Waals surface area contributed by atoms with E-state index in [1.54, 1.807) is 18.3 Å². The number of pyridine rings is 1. The van der Waals surface area contributed by atoms with Gasteiger partial charge in [0.2, 0.25) is 10.0 Å². The molecule has 0 radical (unpaired) electrons. The first-order valence-electron chi connectivity index (χ1n) is 8.40. The highest BCUT2D eigenvalue weighted by Gasteiger charge is 2.21. The molecule has 0 atom stereocenters. The van der Waals surface area contributed by atoms with Gasteiger partial charge in [0.15, 0.2) is 0 Å². The molecule has 3 heterocycles. The highest BCUT2D eigenvalue weighted by Crippen LogP contribution is 2.36. The number of rotatable bonds is 3. The predicted molar refractivity (Wildman–Crippen MR) is 111 cm³/mol. The molecule has 0 unspecified atom stereocenters. The van der Waals surface area contributed by atoms with Crippen LogP contribution in [-0.2, 0) is 10.0 Å². The minimum absolute atomic E-state index is 0.379. The van der Waals surface area contributed by atoms with Crippen LogP contribution in [0.25, 0.3) is 27.7 Å². The van der Waals surface area contributed by atoms with Crippen LogP contribution in [0.2, 0.25) is 10.0 Å². The van der Waals surface area contributed by atoms with Crippen molar-refractivity contribution in [1.82, 2.24) is 14.3 Å². The number of hydrogen-bond acceptors (Lipinski definition) is 3. The molecule has 5 nitrogen and oxygen atoms in total. The fourth-order valence-corrected chi connectivity index (χ4v) is 4.49. The summed E-state index contributed by atoms with van der Waals surface area (Å²) in [4.78, 5) is 7.76. The molecule has 27 heavy (non-hydrogen) atoms. The zero-order valence-corrected chi connectivity index (χ0v) is 16.9. The number of benzene rings is 1. The van der Waals surface area contributed by atoms with Crippen molar-refractivity contribution >= 4 is 49.8 Å². The summed E-state index contributed by atoms with van der Waals surface area (Å²) in [7, 11) is -3.17. The first-order chi connectivity index (χ1) is 12.8. The van der Waals surface area contributed by atoms with Crippen LogP contribution >= 0.6 is 23.2 Å². The van der Waals surface area contributed by atoms with Gasteiger partial charge in [-0.3, -0.25) is 0 Å². The maximum atomic E-state index is 11.7. The summed E-state index contributed by atoms with van der Waals surface area (Å²) in [5, 5.41) is 2.18. The Kier molecular flexibility index (Phi) is 4.76. The van der Waals surface area contributed by atoms with Crippen molar-refractivity contribution in [2.45, 2.75) is 6.42 Å². The maximum absolute atomic E-state index is 11.7. The first kappa shape index (κ1) is 18.5. The SMILES string of the molecule is CS(=O)(=O)N1CC=C(c2cc3c(-c4cc(Cl)ccc4Cl)ccnc3[nH]2)CC1. The number of halogens is 2. The number of sulfonamides is 1. The molecule has 0 fully saturated rings. The third-order valence-electron chi connectivity index (χ3n) is 4.74. The number of nitrogens with one attached hydrogen (secondary N) is 1. The fraction of sp³-hybridized carbons (Fsp3) is 0.211. The molecule has 0 aliphatic carbocycles. The van der Waals surface area contributed by atoms with Gasteiger partial charge in [0.25, 0.3) is 0 Å². The van der Waals surface area contributed by atoms with Crippen molar-refractivity contribution in [2.75, 3.05) is 19.3 Å². The van der Waals surface area contributed by atoms with Gasteiger partial charge >= 0.3 is 0 Å². The van der Waals surface area contributed by atoms with Crippen molar-refractivity contribution in [3.05, 3.63) is 58.3 Å². The first-order valence-corrected chi connectivity index (χ1v) is 11.0. The second kappa shape index (κ2) is 6.95. The quantitative estimate of drug-likeness (QED) is 0.672. The Hall–Kier alpha value is -1.86. The molecule has 1 aliphatic rings. The minimum atomic E-state index is -3.17. The largest absolute Gasteiger partial charge is 0.339 e. The Morgan fingerprint density at radius 3 is 2.67 bits per heavy atom. The summed E-state index contributed by atoms with van der Waals surface area (Å²) < 4.78 is 24.8. The van der Waals surface area contributed by atoms with Crippen LogP contribution in [0, 0.1) is 0 Å². The minimum Gasteiger partial charge on any atom is -0.339 e. The lowest BCUT2D eigenvalue weighted by Crippen LogP contribution is -2.33. The van der Waals surface area contributed by atoms with Gasteiger partial charge in [-0.1, -0.05) is 29.3 Å². The number of aromatic nitrogens is 2. The smallest absolute Gasteiger partial charge is 0.211 e. The van der Waals surface area contributed by atoms with E-state index in [9.17, 15) is 8.42 Å². The van der Waals surface area contributed by atoms with Gasteiger partial charge in [0.1, 0.15) is 5.65 Å². The zero-order chi connectivity index (χ0) is 19.2. The van der Waals surface area contributed by atoms with Crippen LogP contribution in [0.15, 0.2) is 42.6 Å². The van der Waals surface area contributed by atoms with Crippen molar-refractivity contribution in [2.24, 2.45) is 0 Å². The van der Waals surface area contributed by atoms with E-state index < -0.39 is 10.0 Å². The highest BCUT2D eigenvalue weighted by molar-refractivity contribution is 7.88. The molecule has 0 saturated heterocycles. The summed E-state index contributed by atoms with van der Waals surface area (Å²) in [6, 6.07) is 9.33. The molecular formula is C19H17Cl2N3O2S. The van der Waals surface area contributed by atoms with Crippen molar-refractivity contribution in [3.8, 4) is 11.1 Å². The molecule has 0 bridgehead atoms. The van der Waals surface area contributed by atoms with E-state index in [0.717, 1.165) is 33.4 Å². The van der Waals surface area contributed by atoms with E-state index in [1.807, 2.05) is 24.3 Å². The van der Waals surface area contributed by atoms with Crippen LogP contribution in [0.1, 0.15) is 12.1 Å². The second-order valence-electron chi connectivity index (χ2n) is 6.53. The molecule has 140 valence electrons. The molecular weight excluding hydrogens is 405 g/mol. The Balaban J connectivity index is 1.76. The normalized spacial score (nSPS) is 15.9. The van der Waals surface area contributed by atoms with E-state index in [1.165, 1.54) is 10.6 Å². The number of H-pyrrole nitrogens is 1. The van der Waals surface area contributed by atoms with Gasteiger partial charge < -0.3 is 4.98 Å². The van der Waals surface area contributed by atoms with E-state index in [0.29, 0.717) is 29.6 Å². The van der Waals surface area contributed by atoms with Crippen LogP contribution in [0.5, 0.6) is 0 Å². The summed E-state index contributed by atoms with van der Waals surface area (Å²) in [5.74, 6) is 0. The van der Waals surface area contributed by atoms with E-state index in [2.05, 4.69) is 9.97 Å². The molecule has 0 saturated carbocycles. The molecule has 1 aromatic carbocycles. The van der Waals surface area contributed by atoms with Crippen LogP contribution in [0.4, 0.5) is 0 Å². The van der Waals surface area contributed by atoms with E-state index in [-0.39, 0.29) is 0 Å². The van der Waals surface area contributed by atoms with Gasteiger partial charge in [0, 0.05) is 46.0 Å². The van der Waals surface area contributed by atoms with Gasteiger partial charge in [-0.05, 0) is 47.9 Å². The fourth-order valence-electron chi connectivity index (χ4n) is 3.34. The Labute approximate surface area is 167 Å². The molecule has 4 rings (SSSR count). The predicted octanol–water partition coefficient (Wildman–Crippen LogP) is 4.59. The Morgan fingerprint density at radius 1 is 1.15 bits per heavy atom. The lowest BCUT2D eigenvalue weighted by atomic mass is 10.0. The molecule has 8 heteroatoms. The number of hydrogen-bond donors (Lipinski definition) is 1. The molecule has 3 aromatic rings. The number of nitrogens with zero attached hydrogens (tertiary/aromatic N) is 2. The lowest BCUT2D eigenvalue weighted by Gasteiger charge is -2.23. The summed E-state index contributed by atoms with van der Waals surface area (Å²) >= 11 is 12.5. The lowest BCUT2D eigenvalue weighted by molar-refractivity contribution is 0.445. The van der Waals surface area contributed by atoms with Gasteiger partial charge in [-0.25, -0.2) is 13.4 Å². The Morgan fingerprint density at radius 2 is 1.96 bits per heavy atom. The van der Waals surface area contributed by atoms with Crippen LogP contribution in [0.3, 0.4) is 0 Å². The van der Waals surface area contributed by atoms with E-state index in [4.69, 9.17) is 23.2 Å². The highest BCUT2D eigenvalue weighted by atomic mass is 35.5. The standard InChI is InChI=1S/C19H17Cl2N3O2S/c1-27(25,26)24-8-5-12(6-9-24)18-11-16-14(4-7-22-19(16)23-18)15-10-13(20)2-3-17(15)21/h2-5,7,10-11H,6,8-9H2,1H3,(H,22,23). The number of fused-ring (bicyclic) bond motifs is 1. The molecule has 1 aliphatic heterocycles. The summed E-state index contributed by atoms with van der Waals surface area (Å²) in [5.41, 5.74) is 4.57. The van der Waals surface area contributed by atoms with Crippen LogP contribution < -0.4 is 0 Å². The third kappa shape index (κ3) is 3.62. The van der Waals surface area contributed by atoms with Gasteiger partial charge in [-0.2, -0.15) is 4.31 Å². The number of aromatic amines is 1. The average Bonchev–Trinajstić information content (AvgIpc) is 3.07. The van der Waals surface area contributed by atoms with Gasteiger partial charge in [-0.15, -0.1) is 0 Å². The molecule has 0 amide bonds. The Bertz CT molecular complexity index is 1170. The van der Waals surface area contributed by atoms with Gasteiger partial charge in [0.05, 0.1) is 6.26 Å². The molecule has 0 spiro atoms. The monoisotopic (exact) mass is 421 g/mol. The average molecular weight is 422 g/mol. The van der Waals surface area contributed by atoms with E-state index >= 15 is 0 Å². The van der Waals surface area contributed by atoms with Crippen molar-refractivity contribution < 1.29 is 8.42 Å². The molecule has 2 aromatic heterocycles. The third-order valence-corrected chi connectivity index (χ3v) is 6.57. The van der Waals surface area contributed by atoms with Crippen molar-refractivity contribution in [3.63, 3.8) is 0 Å².